The smallest absolute Gasteiger partial charge is 0.135 e. The van der Waals surface area contributed by atoms with Crippen LogP contribution in [0.25, 0.3) is 0 Å². The van der Waals surface area contributed by atoms with Gasteiger partial charge in [-0.25, -0.2) is 0 Å². The first-order valence-corrected chi connectivity index (χ1v) is 10.4. The van der Waals surface area contributed by atoms with Crippen LogP contribution >= 0.6 is 12.4 Å². The van der Waals surface area contributed by atoms with Crippen LogP contribution in [-0.2, 0) is 18.4 Å². The van der Waals surface area contributed by atoms with Gasteiger partial charge in [0.2, 0.25) is 0 Å². The van der Waals surface area contributed by atoms with E-state index in [1.165, 1.54) is 27.8 Å². The highest BCUT2D eigenvalue weighted by atomic mass is 35.5. The largest absolute Gasteiger partial charge is 0.466 e. The van der Waals surface area contributed by atoms with Crippen LogP contribution in [0.4, 0.5) is 0 Å². The van der Waals surface area contributed by atoms with Crippen LogP contribution in [0.1, 0.15) is 58.4 Å². The number of piperidine rings is 1. The van der Waals surface area contributed by atoms with Crippen LogP contribution in [0, 0.1) is 0 Å². The van der Waals surface area contributed by atoms with E-state index in [-0.39, 0.29) is 18.4 Å². The minimum Gasteiger partial charge on any atom is -0.466 e. The lowest BCUT2D eigenvalue weighted by Gasteiger charge is -2.48. The van der Waals surface area contributed by atoms with Crippen LogP contribution in [0.15, 0.2) is 65.3 Å². The third-order valence-corrected chi connectivity index (χ3v) is 7.21. The molecule has 3 aromatic rings. The topological polar surface area (TPSA) is 36.6 Å². The molecule has 0 unspecified atom stereocenters. The average Bonchev–Trinajstić information content (AvgIpc) is 3.23. The molecular formula is C25H26ClNO2. The van der Waals surface area contributed by atoms with Gasteiger partial charge in [-0.1, -0.05) is 42.5 Å². The number of halogens is 1. The molecule has 1 aliphatic carbocycles. The lowest BCUT2D eigenvalue weighted by molar-refractivity contribution is -0.0704. The molecule has 150 valence electrons. The second kappa shape index (κ2) is 7.02. The van der Waals surface area contributed by atoms with Gasteiger partial charge in [0.25, 0.3) is 0 Å². The van der Waals surface area contributed by atoms with Gasteiger partial charge < -0.3 is 9.52 Å². The second-order valence-corrected chi connectivity index (χ2v) is 8.65. The van der Waals surface area contributed by atoms with Crippen molar-refractivity contribution in [3.05, 3.63) is 94.4 Å². The maximum atomic E-state index is 11.4. The van der Waals surface area contributed by atoms with Crippen molar-refractivity contribution in [2.45, 2.75) is 43.2 Å². The Labute approximate surface area is 177 Å². The zero-order valence-corrected chi connectivity index (χ0v) is 17.2. The zero-order chi connectivity index (χ0) is 18.7. The van der Waals surface area contributed by atoms with Crippen LogP contribution < -0.4 is 0 Å². The number of hydrogen-bond acceptors (Lipinski definition) is 3. The number of rotatable bonds is 1. The van der Waals surface area contributed by atoms with Gasteiger partial charge >= 0.3 is 0 Å². The Morgan fingerprint density at radius 3 is 2.59 bits per heavy atom. The summed E-state index contributed by atoms with van der Waals surface area (Å²) in [6.07, 6.45) is 5.31. The zero-order valence-electron chi connectivity index (χ0n) is 16.4. The summed E-state index contributed by atoms with van der Waals surface area (Å²) >= 11 is 0. The highest BCUT2D eigenvalue weighted by Gasteiger charge is 2.46. The van der Waals surface area contributed by atoms with E-state index in [1.54, 1.807) is 6.26 Å². The Kier molecular flexibility index (Phi) is 4.58. The summed E-state index contributed by atoms with van der Waals surface area (Å²) in [5.74, 6) is 1.15. The van der Waals surface area contributed by atoms with Crippen LogP contribution in [-0.4, -0.2) is 23.1 Å². The molecule has 0 radical (unpaired) electrons. The molecule has 3 aliphatic rings. The number of aryl methyl sites for hydroxylation is 2. The summed E-state index contributed by atoms with van der Waals surface area (Å²) < 4.78 is 5.62. The van der Waals surface area contributed by atoms with Gasteiger partial charge in [0.15, 0.2) is 0 Å². The van der Waals surface area contributed by atoms with E-state index in [1.807, 2.05) is 12.1 Å². The van der Waals surface area contributed by atoms with Crippen molar-refractivity contribution in [3.8, 4) is 0 Å². The SMILES string of the molecule is Cl.O[C@]1(c2ccco2)CCN2C[C@@H]3c4ccccc4CCc4cccc(c43)[C@H]2C1. The monoisotopic (exact) mass is 407 g/mol. The van der Waals surface area contributed by atoms with Crippen molar-refractivity contribution < 1.29 is 9.52 Å². The molecule has 1 fully saturated rings. The maximum absolute atomic E-state index is 11.4. The van der Waals surface area contributed by atoms with Crippen molar-refractivity contribution in [1.82, 2.24) is 4.90 Å². The van der Waals surface area contributed by atoms with Gasteiger partial charge in [0, 0.05) is 31.5 Å². The summed E-state index contributed by atoms with van der Waals surface area (Å²) in [4.78, 5) is 2.59. The Morgan fingerprint density at radius 1 is 0.931 bits per heavy atom. The van der Waals surface area contributed by atoms with E-state index in [2.05, 4.69) is 47.4 Å². The van der Waals surface area contributed by atoms with Gasteiger partial charge in [-0.3, -0.25) is 4.90 Å². The van der Waals surface area contributed by atoms with Gasteiger partial charge in [-0.2, -0.15) is 0 Å². The fourth-order valence-corrected chi connectivity index (χ4v) is 5.84. The average molecular weight is 408 g/mol. The lowest BCUT2D eigenvalue weighted by atomic mass is 9.73. The third kappa shape index (κ3) is 2.87. The molecule has 2 aliphatic heterocycles. The summed E-state index contributed by atoms with van der Waals surface area (Å²) in [5.41, 5.74) is 6.55. The molecule has 29 heavy (non-hydrogen) atoms. The standard InChI is InChI=1S/C25H25NO2.ClH/c27-25(23-9-4-14-28-23)12-13-26-16-21-19-7-2-1-5-17(19)10-11-18-6-3-8-20(24(18)21)22(26)15-25;/h1-9,14,21-22,27H,10-13,15-16H2;1H/t21-,22-,25-;/m1./s1. The van der Waals surface area contributed by atoms with Crippen LogP contribution in [0.3, 0.4) is 0 Å². The van der Waals surface area contributed by atoms with E-state index >= 15 is 0 Å². The Hall–Kier alpha value is -2.07. The van der Waals surface area contributed by atoms with Crippen molar-refractivity contribution in [1.29, 1.82) is 0 Å². The maximum Gasteiger partial charge on any atom is 0.135 e. The molecular weight excluding hydrogens is 382 g/mol. The fraction of sp³-hybridized carbons (Fsp3) is 0.360. The number of nitrogens with zero attached hydrogens (tertiary/aromatic N) is 1. The Morgan fingerprint density at radius 2 is 1.72 bits per heavy atom. The van der Waals surface area contributed by atoms with Gasteiger partial charge in [-0.15, -0.1) is 12.4 Å². The van der Waals surface area contributed by atoms with E-state index in [4.69, 9.17) is 4.42 Å². The highest BCUT2D eigenvalue weighted by Crippen LogP contribution is 2.50. The van der Waals surface area contributed by atoms with Crippen molar-refractivity contribution in [2.75, 3.05) is 13.1 Å². The molecule has 6 rings (SSSR count). The Balaban J connectivity index is 0.00000181. The fourth-order valence-electron chi connectivity index (χ4n) is 5.84. The number of hydrogen-bond donors (Lipinski definition) is 1. The molecule has 2 aromatic carbocycles. The minimum absolute atomic E-state index is 0. The van der Waals surface area contributed by atoms with Crippen molar-refractivity contribution >= 4 is 12.4 Å². The van der Waals surface area contributed by atoms with E-state index in [9.17, 15) is 5.11 Å². The number of furan rings is 1. The lowest BCUT2D eigenvalue weighted by Crippen LogP contribution is -2.48. The normalized spacial score (nSPS) is 27.8. The van der Waals surface area contributed by atoms with E-state index in [0.29, 0.717) is 18.1 Å². The number of fused-ring (bicyclic) bond motifs is 4. The molecule has 1 saturated heterocycles. The predicted octanol–water partition coefficient (Wildman–Crippen LogP) is 4.97. The molecule has 3 atom stereocenters. The molecule has 3 nitrogen and oxygen atoms in total. The van der Waals surface area contributed by atoms with Crippen LogP contribution in [0.2, 0.25) is 0 Å². The molecule has 0 spiro atoms. The van der Waals surface area contributed by atoms with Crippen LogP contribution in [0.5, 0.6) is 0 Å². The van der Waals surface area contributed by atoms with Gasteiger partial charge in [-0.05, 0) is 59.2 Å². The summed E-state index contributed by atoms with van der Waals surface area (Å²) in [5, 5.41) is 11.4. The molecule has 0 bridgehead atoms. The molecule has 0 saturated carbocycles. The molecule has 1 aromatic heterocycles. The molecule has 3 heterocycles. The van der Waals surface area contributed by atoms with Gasteiger partial charge in [0.1, 0.15) is 11.4 Å². The number of benzene rings is 2. The minimum atomic E-state index is -0.872. The molecule has 4 heteroatoms. The molecule has 1 N–H and O–H groups in total. The first-order valence-electron chi connectivity index (χ1n) is 10.4. The van der Waals surface area contributed by atoms with Crippen molar-refractivity contribution in [3.63, 3.8) is 0 Å². The van der Waals surface area contributed by atoms with Crippen molar-refractivity contribution in [2.24, 2.45) is 0 Å². The summed E-state index contributed by atoms with van der Waals surface area (Å²) in [6.45, 7) is 1.93. The summed E-state index contributed by atoms with van der Waals surface area (Å²) in [7, 11) is 0. The summed E-state index contributed by atoms with van der Waals surface area (Å²) in [6, 6.07) is 19.9. The quantitative estimate of drug-likeness (QED) is 0.618. The first-order chi connectivity index (χ1) is 13.7. The highest BCUT2D eigenvalue weighted by molar-refractivity contribution is 5.85. The second-order valence-electron chi connectivity index (χ2n) is 8.65. The molecule has 0 amide bonds. The van der Waals surface area contributed by atoms with Gasteiger partial charge in [0.05, 0.1) is 6.26 Å². The Bertz CT molecular complexity index is 1030. The first kappa shape index (κ1) is 18.9. The van der Waals surface area contributed by atoms with E-state index < -0.39 is 5.60 Å². The number of aliphatic hydroxyl groups is 1. The van der Waals surface area contributed by atoms with E-state index in [0.717, 1.165) is 32.4 Å². The third-order valence-electron chi connectivity index (χ3n) is 7.21. The predicted molar refractivity (Wildman–Crippen MR) is 116 cm³/mol.